The summed E-state index contributed by atoms with van der Waals surface area (Å²) >= 11 is 5.75. The van der Waals surface area contributed by atoms with Gasteiger partial charge in [-0.3, -0.25) is 4.79 Å². The lowest BCUT2D eigenvalue weighted by molar-refractivity contribution is -0.140. The van der Waals surface area contributed by atoms with Crippen LogP contribution in [0.5, 0.6) is 0 Å². The second-order valence-corrected chi connectivity index (χ2v) is 4.35. The maximum atomic E-state index is 12.4. The number of amides is 1. The molecule has 0 aliphatic carbocycles. The van der Waals surface area contributed by atoms with Crippen LogP contribution in [0.15, 0.2) is 12.1 Å². The lowest BCUT2D eigenvalue weighted by Crippen LogP contribution is -2.38. The Morgan fingerprint density at radius 3 is 2.47 bits per heavy atom. The smallest absolute Gasteiger partial charge is 0.330 e. The molecule has 1 aromatic heterocycles. The number of aromatic nitrogens is 1. The number of nitrogens with zero attached hydrogens (tertiary/aromatic N) is 2. The Bertz CT molecular complexity index is 463. The highest BCUT2D eigenvalue weighted by molar-refractivity contribution is 6.29. The Kier molecular flexibility index (Phi) is 5.17. The fourth-order valence-electron chi connectivity index (χ4n) is 1.58. The Balaban J connectivity index is 3.00. The molecule has 0 bridgehead atoms. The molecule has 0 unspecified atom stereocenters. The third-order valence-electron chi connectivity index (χ3n) is 2.50. The van der Waals surface area contributed by atoms with Gasteiger partial charge in [0.2, 0.25) is 0 Å². The Morgan fingerprint density at radius 1 is 1.37 bits per heavy atom. The van der Waals surface area contributed by atoms with Crippen LogP contribution in [-0.2, 0) is 6.42 Å². The van der Waals surface area contributed by atoms with Crippen LogP contribution in [-0.4, -0.2) is 35.1 Å². The Morgan fingerprint density at radius 2 is 2.00 bits per heavy atom. The van der Waals surface area contributed by atoms with E-state index < -0.39 is 18.6 Å². The molecule has 0 saturated heterocycles. The van der Waals surface area contributed by atoms with Crippen molar-refractivity contribution in [3.05, 3.63) is 28.5 Å². The lowest BCUT2D eigenvalue weighted by atomic mass is 10.2. The molecule has 7 heteroatoms. The summed E-state index contributed by atoms with van der Waals surface area (Å²) in [5, 5.41) is 0.103. The van der Waals surface area contributed by atoms with Crippen molar-refractivity contribution in [1.82, 2.24) is 9.88 Å². The van der Waals surface area contributed by atoms with Crippen LogP contribution in [0.1, 0.15) is 29.9 Å². The van der Waals surface area contributed by atoms with Crippen molar-refractivity contribution in [2.75, 3.05) is 13.1 Å². The quantitative estimate of drug-likeness (QED) is 0.798. The van der Waals surface area contributed by atoms with Gasteiger partial charge in [0.05, 0.1) is 0 Å². The number of aryl methyl sites for hydroxylation is 1. The zero-order valence-electron chi connectivity index (χ0n) is 10.6. The molecule has 0 spiro atoms. The molecule has 0 saturated carbocycles. The molecule has 0 aromatic carbocycles. The molecule has 0 aliphatic rings. The fourth-order valence-corrected chi connectivity index (χ4v) is 1.81. The van der Waals surface area contributed by atoms with Crippen LogP contribution in [0, 0.1) is 0 Å². The molecular weight excluding hydrogens is 281 g/mol. The standard InChI is InChI=1S/C12H14ClF3N2O/c1-3-9-5-8(6-10(13)17-9)11(19)18(4-2)7-12(14,15)16/h5-6H,3-4,7H2,1-2H3. The molecule has 106 valence electrons. The molecule has 1 aromatic rings. The molecule has 0 aliphatic heterocycles. The SMILES string of the molecule is CCc1cc(C(=O)N(CC)CC(F)(F)F)cc(Cl)n1. The van der Waals surface area contributed by atoms with E-state index in [0.717, 1.165) is 4.90 Å². The van der Waals surface area contributed by atoms with Crippen molar-refractivity contribution in [3.63, 3.8) is 0 Å². The van der Waals surface area contributed by atoms with Crippen LogP contribution in [0.4, 0.5) is 13.2 Å². The zero-order chi connectivity index (χ0) is 14.6. The third-order valence-corrected chi connectivity index (χ3v) is 2.69. The van der Waals surface area contributed by atoms with Crippen molar-refractivity contribution in [2.24, 2.45) is 0 Å². The van der Waals surface area contributed by atoms with E-state index in [0.29, 0.717) is 12.1 Å². The van der Waals surface area contributed by atoms with Crippen molar-refractivity contribution >= 4 is 17.5 Å². The van der Waals surface area contributed by atoms with Gasteiger partial charge in [0, 0.05) is 17.8 Å². The van der Waals surface area contributed by atoms with Crippen molar-refractivity contribution in [3.8, 4) is 0 Å². The van der Waals surface area contributed by atoms with E-state index in [4.69, 9.17) is 11.6 Å². The van der Waals surface area contributed by atoms with Crippen molar-refractivity contribution < 1.29 is 18.0 Å². The van der Waals surface area contributed by atoms with E-state index in [9.17, 15) is 18.0 Å². The molecule has 0 radical (unpaired) electrons. The summed E-state index contributed by atoms with van der Waals surface area (Å²) in [5.41, 5.74) is 0.696. The van der Waals surface area contributed by atoms with Gasteiger partial charge in [-0.15, -0.1) is 0 Å². The third kappa shape index (κ3) is 4.70. The molecule has 1 amide bonds. The van der Waals surface area contributed by atoms with Crippen LogP contribution >= 0.6 is 11.6 Å². The minimum atomic E-state index is -4.42. The van der Waals surface area contributed by atoms with E-state index in [1.807, 2.05) is 6.92 Å². The number of halogens is 4. The molecule has 0 N–H and O–H groups in total. The molecule has 1 heterocycles. The lowest BCUT2D eigenvalue weighted by Gasteiger charge is -2.22. The van der Waals surface area contributed by atoms with Gasteiger partial charge in [-0.05, 0) is 25.5 Å². The summed E-state index contributed by atoms with van der Waals surface area (Å²) in [6, 6.07) is 2.75. The number of carbonyl (C=O) groups is 1. The first-order chi connectivity index (χ1) is 8.76. The number of rotatable bonds is 4. The van der Waals surface area contributed by atoms with Gasteiger partial charge in [-0.1, -0.05) is 18.5 Å². The van der Waals surface area contributed by atoms with Gasteiger partial charge >= 0.3 is 6.18 Å². The van der Waals surface area contributed by atoms with Gasteiger partial charge in [-0.25, -0.2) is 4.98 Å². The van der Waals surface area contributed by atoms with Gasteiger partial charge in [0.1, 0.15) is 11.7 Å². The highest BCUT2D eigenvalue weighted by Gasteiger charge is 2.32. The summed E-state index contributed by atoms with van der Waals surface area (Å²) in [6.07, 6.45) is -3.87. The Labute approximate surface area is 114 Å². The first kappa shape index (κ1) is 15.8. The number of hydrogen-bond acceptors (Lipinski definition) is 2. The summed E-state index contributed by atoms with van der Waals surface area (Å²) in [7, 11) is 0. The van der Waals surface area contributed by atoms with Crippen molar-refractivity contribution in [2.45, 2.75) is 26.4 Å². The average molecular weight is 295 g/mol. The molecule has 0 fully saturated rings. The number of pyridine rings is 1. The number of alkyl halides is 3. The number of carbonyl (C=O) groups excluding carboxylic acids is 1. The molecular formula is C12H14ClF3N2O. The maximum absolute atomic E-state index is 12.4. The minimum Gasteiger partial charge on any atom is -0.330 e. The van der Waals surface area contributed by atoms with E-state index >= 15 is 0 Å². The van der Waals surface area contributed by atoms with E-state index in [1.54, 1.807) is 0 Å². The maximum Gasteiger partial charge on any atom is 0.406 e. The first-order valence-electron chi connectivity index (χ1n) is 5.79. The summed E-state index contributed by atoms with van der Waals surface area (Å²) in [5.74, 6) is -0.696. The van der Waals surface area contributed by atoms with Crippen LogP contribution in [0.25, 0.3) is 0 Å². The second-order valence-electron chi connectivity index (χ2n) is 3.96. The Hall–Kier alpha value is -1.30. The van der Waals surface area contributed by atoms with E-state index in [2.05, 4.69) is 4.98 Å². The fraction of sp³-hybridized carbons (Fsp3) is 0.500. The number of hydrogen-bond donors (Lipinski definition) is 0. The van der Waals surface area contributed by atoms with Gasteiger partial charge < -0.3 is 4.90 Å². The highest BCUT2D eigenvalue weighted by atomic mass is 35.5. The highest BCUT2D eigenvalue weighted by Crippen LogP contribution is 2.19. The van der Waals surface area contributed by atoms with E-state index in [1.165, 1.54) is 19.1 Å². The normalized spacial score (nSPS) is 11.5. The first-order valence-corrected chi connectivity index (χ1v) is 6.17. The molecule has 3 nitrogen and oxygen atoms in total. The topological polar surface area (TPSA) is 33.2 Å². The second kappa shape index (κ2) is 6.23. The largest absolute Gasteiger partial charge is 0.406 e. The van der Waals surface area contributed by atoms with Gasteiger partial charge in [0.25, 0.3) is 5.91 Å². The molecule has 1 rings (SSSR count). The summed E-state index contributed by atoms with van der Waals surface area (Å²) < 4.78 is 37.1. The van der Waals surface area contributed by atoms with Crippen LogP contribution < -0.4 is 0 Å². The monoisotopic (exact) mass is 294 g/mol. The molecule has 0 atom stereocenters. The van der Waals surface area contributed by atoms with Crippen LogP contribution in [0.3, 0.4) is 0 Å². The van der Waals surface area contributed by atoms with Gasteiger partial charge in [-0.2, -0.15) is 13.2 Å². The van der Waals surface area contributed by atoms with Gasteiger partial charge in [0.15, 0.2) is 0 Å². The predicted molar refractivity (Wildman–Crippen MR) is 66.3 cm³/mol. The molecule has 19 heavy (non-hydrogen) atoms. The zero-order valence-corrected chi connectivity index (χ0v) is 11.3. The predicted octanol–water partition coefficient (Wildman–Crippen LogP) is 3.32. The average Bonchev–Trinajstić information content (AvgIpc) is 2.33. The van der Waals surface area contributed by atoms with Crippen molar-refractivity contribution in [1.29, 1.82) is 0 Å². The van der Waals surface area contributed by atoms with Crippen LogP contribution in [0.2, 0.25) is 5.15 Å². The minimum absolute atomic E-state index is 0.0280. The van der Waals surface area contributed by atoms with E-state index in [-0.39, 0.29) is 17.3 Å². The summed E-state index contributed by atoms with van der Waals surface area (Å²) in [6.45, 7) is 2.01. The summed E-state index contributed by atoms with van der Waals surface area (Å²) in [4.78, 5) is 16.7.